The lowest BCUT2D eigenvalue weighted by molar-refractivity contribution is 0.923. The highest BCUT2D eigenvalue weighted by Crippen LogP contribution is 2.14. The van der Waals surface area contributed by atoms with E-state index in [-0.39, 0.29) is 0 Å². The van der Waals surface area contributed by atoms with E-state index in [4.69, 9.17) is 0 Å². The summed E-state index contributed by atoms with van der Waals surface area (Å²) in [4.78, 5) is 0. The van der Waals surface area contributed by atoms with Gasteiger partial charge in [-0.05, 0) is 18.6 Å². The zero-order valence-corrected chi connectivity index (χ0v) is 8.33. The van der Waals surface area contributed by atoms with Crippen molar-refractivity contribution in [2.45, 2.75) is 13.3 Å². The highest BCUT2D eigenvalue weighted by molar-refractivity contribution is 5.80. The van der Waals surface area contributed by atoms with Crippen LogP contribution in [-0.2, 0) is 0 Å². The quantitative estimate of drug-likeness (QED) is 0.779. The van der Waals surface area contributed by atoms with Gasteiger partial charge in [0.2, 0.25) is 0 Å². The Bertz CT molecular complexity index is 454. The maximum Gasteiger partial charge on any atom is 0.0696 e. The minimum Gasteiger partial charge on any atom is -0.299 e. The van der Waals surface area contributed by atoms with Crippen LogP contribution in [0.1, 0.15) is 13.3 Å². The van der Waals surface area contributed by atoms with Crippen LogP contribution < -0.4 is 5.43 Å². The second-order valence-corrected chi connectivity index (χ2v) is 3.31. The predicted molar refractivity (Wildman–Crippen MR) is 60.7 cm³/mol. The van der Waals surface area contributed by atoms with E-state index < -0.39 is 0 Å². The van der Waals surface area contributed by atoms with Crippen molar-refractivity contribution in [2.75, 3.05) is 5.43 Å². The van der Waals surface area contributed by atoms with Gasteiger partial charge in [0.25, 0.3) is 0 Å². The number of aromatic nitrogens is 1. The van der Waals surface area contributed by atoms with Crippen LogP contribution in [0.2, 0.25) is 0 Å². The smallest absolute Gasteiger partial charge is 0.0696 e. The molecule has 0 saturated carbocycles. The van der Waals surface area contributed by atoms with Gasteiger partial charge in [0, 0.05) is 17.3 Å². The minimum atomic E-state index is 0.937. The van der Waals surface area contributed by atoms with Crippen molar-refractivity contribution in [3.63, 3.8) is 0 Å². The molecule has 0 unspecified atom stereocenters. The molecule has 0 amide bonds. The lowest BCUT2D eigenvalue weighted by atomic mass is 10.3. The zero-order valence-electron chi connectivity index (χ0n) is 8.33. The van der Waals surface area contributed by atoms with Gasteiger partial charge in [-0.25, -0.2) is 0 Å². The number of benzene rings is 1. The second-order valence-electron chi connectivity index (χ2n) is 3.31. The van der Waals surface area contributed by atoms with Gasteiger partial charge in [0.05, 0.1) is 5.52 Å². The Hall–Kier alpha value is -1.70. The summed E-state index contributed by atoms with van der Waals surface area (Å²) in [5, 5.41) is 1.24. The van der Waals surface area contributed by atoms with Crippen molar-refractivity contribution >= 4 is 10.9 Å². The third-order valence-corrected chi connectivity index (χ3v) is 2.30. The van der Waals surface area contributed by atoms with E-state index in [0.717, 1.165) is 12.1 Å². The molecule has 2 rings (SSSR count). The third kappa shape index (κ3) is 1.51. The van der Waals surface area contributed by atoms with E-state index in [1.807, 2.05) is 23.0 Å². The molecule has 0 fully saturated rings. The molecular formula is C12H14N2. The molecule has 0 saturated heterocycles. The van der Waals surface area contributed by atoms with Crippen molar-refractivity contribution in [1.29, 1.82) is 0 Å². The summed E-state index contributed by atoms with van der Waals surface area (Å²) in [6, 6.07) is 10.4. The van der Waals surface area contributed by atoms with Crippen molar-refractivity contribution in [2.24, 2.45) is 0 Å². The first kappa shape index (κ1) is 8.88. The van der Waals surface area contributed by atoms with Crippen molar-refractivity contribution in [3.05, 3.63) is 48.8 Å². The topological polar surface area (TPSA) is 17.0 Å². The molecule has 1 aromatic heterocycles. The maximum atomic E-state index is 3.92. The molecule has 2 nitrogen and oxygen atoms in total. The van der Waals surface area contributed by atoms with Crippen LogP contribution in [0.25, 0.3) is 10.9 Å². The number of hydrogen-bond donors (Lipinski definition) is 1. The second kappa shape index (κ2) is 3.58. The van der Waals surface area contributed by atoms with Crippen molar-refractivity contribution in [1.82, 2.24) is 4.68 Å². The first-order valence-electron chi connectivity index (χ1n) is 4.82. The summed E-state index contributed by atoms with van der Waals surface area (Å²) < 4.78 is 2.00. The Kier molecular flexibility index (Phi) is 2.27. The van der Waals surface area contributed by atoms with Crippen LogP contribution in [0.4, 0.5) is 0 Å². The Morgan fingerprint density at radius 3 is 2.93 bits per heavy atom. The average Bonchev–Trinajstić information content (AvgIpc) is 2.62. The number of nitrogens with zero attached hydrogens (tertiary/aromatic N) is 1. The predicted octanol–water partition coefficient (Wildman–Crippen LogP) is 3.11. The fraction of sp³-hybridized carbons (Fsp3) is 0.167. The molecule has 2 heteroatoms. The van der Waals surface area contributed by atoms with Crippen LogP contribution >= 0.6 is 0 Å². The fourth-order valence-electron chi connectivity index (χ4n) is 1.43. The summed E-state index contributed by atoms with van der Waals surface area (Å²) in [5.41, 5.74) is 5.44. The van der Waals surface area contributed by atoms with E-state index in [2.05, 4.69) is 37.1 Å². The molecular weight excluding hydrogens is 172 g/mol. The van der Waals surface area contributed by atoms with Crippen LogP contribution in [0.3, 0.4) is 0 Å². The molecule has 2 aromatic rings. The molecule has 0 spiro atoms. The van der Waals surface area contributed by atoms with Crippen LogP contribution in [0.15, 0.2) is 48.8 Å². The van der Waals surface area contributed by atoms with Gasteiger partial charge in [-0.3, -0.25) is 10.1 Å². The summed E-state index contributed by atoms with van der Waals surface area (Å²) in [6.45, 7) is 6.01. The summed E-state index contributed by atoms with van der Waals surface area (Å²) in [6.07, 6.45) is 2.96. The Labute approximate surface area is 83.8 Å². The minimum absolute atomic E-state index is 0.937. The van der Waals surface area contributed by atoms with E-state index in [0.29, 0.717) is 0 Å². The highest BCUT2D eigenvalue weighted by Gasteiger charge is 1.98. The number of nitrogens with one attached hydrogen (secondary N) is 1. The summed E-state index contributed by atoms with van der Waals surface area (Å²) >= 11 is 0. The number of rotatable bonds is 3. The molecule has 1 N–H and O–H groups in total. The normalized spacial score (nSPS) is 10.4. The van der Waals surface area contributed by atoms with Gasteiger partial charge in [0.1, 0.15) is 0 Å². The van der Waals surface area contributed by atoms with Gasteiger partial charge < -0.3 is 0 Å². The van der Waals surface area contributed by atoms with Crippen LogP contribution in [0, 0.1) is 0 Å². The molecule has 0 atom stereocenters. The lowest BCUT2D eigenvalue weighted by Gasteiger charge is -2.09. The third-order valence-electron chi connectivity index (χ3n) is 2.30. The molecule has 0 aliphatic carbocycles. The standard InChI is InChI=1S/C12H14N2/c1-3-10(2)13-14-9-8-11-6-4-5-7-12(11)14/h4-9,13H,2-3H2,1H3. The molecule has 0 bridgehead atoms. The molecule has 72 valence electrons. The lowest BCUT2D eigenvalue weighted by Crippen LogP contribution is -2.11. The summed E-state index contributed by atoms with van der Waals surface area (Å²) in [5.74, 6) is 0. The Morgan fingerprint density at radius 1 is 1.36 bits per heavy atom. The molecule has 0 aliphatic heterocycles. The molecule has 0 aliphatic rings. The van der Waals surface area contributed by atoms with E-state index in [1.54, 1.807) is 0 Å². The number of allylic oxidation sites excluding steroid dienone is 1. The van der Waals surface area contributed by atoms with E-state index >= 15 is 0 Å². The van der Waals surface area contributed by atoms with Crippen molar-refractivity contribution < 1.29 is 0 Å². The number of hydrogen-bond acceptors (Lipinski definition) is 1. The number of para-hydroxylation sites is 1. The molecule has 1 aromatic carbocycles. The Balaban J connectivity index is 2.38. The monoisotopic (exact) mass is 186 g/mol. The first-order valence-corrected chi connectivity index (χ1v) is 4.82. The Morgan fingerprint density at radius 2 is 2.14 bits per heavy atom. The first-order chi connectivity index (χ1) is 6.81. The van der Waals surface area contributed by atoms with Crippen LogP contribution in [-0.4, -0.2) is 4.68 Å². The van der Waals surface area contributed by atoms with Crippen LogP contribution in [0.5, 0.6) is 0 Å². The fourth-order valence-corrected chi connectivity index (χ4v) is 1.43. The SMILES string of the molecule is C=C(CC)Nn1ccc2ccccc21. The number of fused-ring (bicyclic) bond motifs is 1. The average molecular weight is 186 g/mol. The van der Waals surface area contributed by atoms with E-state index in [9.17, 15) is 0 Å². The molecule has 0 radical (unpaired) electrons. The van der Waals surface area contributed by atoms with E-state index in [1.165, 1.54) is 10.9 Å². The molecule has 14 heavy (non-hydrogen) atoms. The van der Waals surface area contributed by atoms with Gasteiger partial charge >= 0.3 is 0 Å². The largest absolute Gasteiger partial charge is 0.299 e. The zero-order chi connectivity index (χ0) is 9.97. The molecule has 1 heterocycles. The maximum absolute atomic E-state index is 3.92. The van der Waals surface area contributed by atoms with Gasteiger partial charge in [-0.2, -0.15) is 0 Å². The highest BCUT2D eigenvalue weighted by atomic mass is 15.4. The summed E-state index contributed by atoms with van der Waals surface area (Å²) in [7, 11) is 0. The van der Waals surface area contributed by atoms with Gasteiger partial charge in [0.15, 0.2) is 0 Å². The van der Waals surface area contributed by atoms with Crippen molar-refractivity contribution in [3.8, 4) is 0 Å². The van der Waals surface area contributed by atoms with Gasteiger partial charge in [-0.15, -0.1) is 0 Å². The van der Waals surface area contributed by atoms with Gasteiger partial charge in [-0.1, -0.05) is 31.7 Å².